The van der Waals surface area contributed by atoms with Gasteiger partial charge in [0.1, 0.15) is 16.9 Å². The SMILES string of the molecule is Cc1cc(C)c2nc(C3CC3)n([C@H]3CCc4cc(-c5ccccc5-c5nnnn5C(c5ccccc5)(c5ccccc5)c5ccccc5)ccc43)c2n1. The number of tetrazole rings is 1. The van der Waals surface area contributed by atoms with Crippen LogP contribution in [-0.4, -0.2) is 34.7 Å². The van der Waals surface area contributed by atoms with E-state index in [1.165, 1.54) is 35.4 Å². The van der Waals surface area contributed by atoms with Gasteiger partial charge in [0.2, 0.25) is 0 Å². The number of benzene rings is 5. The summed E-state index contributed by atoms with van der Waals surface area (Å²) in [6, 6.07) is 49.6. The number of aromatic nitrogens is 7. The van der Waals surface area contributed by atoms with Crippen LogP contribution in [0.2, 0.25) is 0 Å². The second kappa shape index (κ2) is 12.5. The third-order valence-corrected chi connectivity index (χ3v) is 11.3. The van der Waals surface area contributed by atoms with Gasteiger partial charge in [0.05, 0.1) is 6.04 Å². The Morgan fingerprint density at radius 3 is 1.91 bits per heavy atom. The Labute approximate surface area is 309 Å². The molecule has 2 aliphatic carbocycles. The lowest BCUT2D eigenvalue weighted by Gasteiger charge is -2.36. The summed E-state index contributed by atoms with van der Waals surface area (Å²) in [5, 5.41) is 14.0. The lowest BCUT2D eigenvalue weighted by Crippen LogP contribution is -2.39. The highest BCUT2D eigenvalue weighted by molar-refractivity contribution is 5.82. The Bertz CT molecular complexity index is 2510. The van der Waals surface area contributed by atoms with Gasteiger partial charge in [-0.05, 0) is 101 Å². The molecule has 0 amide bonds. The third-order valence-electron chi connectivity index (χ3n) is 11.3. The fourth-order valence-electron chi connectivity index (χ4n) is 8.78. The van der Waals surface area contributed by atoms with Crippen LogP contribution >= 0.6 is 0 Å². The molecule has 8 aromatic rings. The van der Waals surface area contributed by atoms with E-state index in [0.717, 1.165) is 63.1 Å². The van der Waals surface area contributed by atoms with Gasteiger partial charge in [-0.2, -0.15) is 0 Å². The van der Waals surface area contributed by atoms with E-state index in [4.69, 9.17) is 20.3 Å². The van der Waals surface area contributed by atoms with Crippen molar-refractivity contribution < 1.29 is 0 Å². The standard InChI is InChI=1S/C46H39N7/c1-30-28-31(2)47-45-42(30)48-43(32-22-23-32)52(45)41-27-25-34-29-33(24-26-39(34)41)38-20-12-13-21-40(38)44-49-50-51-53(44)46(35-14-6-3-7-15-35,36-16-8-4-9-17-36)37-18-10-5-11-19-37/h3-21,24,26,28-29,32,41H,22-23,25,27H2,1-2H3/t41-/m0/s1. The number of hydrogen-bond donors (Lipinski definition) is 0. The van der Waals surface area contributed by atoms with Crippen LogP contribution in [0.1, 0.15) is 76.1 Å². The zero-order chi connectivity index (χ0) is 35.5. The van der Waals surface area contributed by atoms with Crippen LogP contribution in [0.4, 0.5) is 0 Å². The molecular weight excluding hydrogens is 651 g/mol. The van der Waals surface area contributed by atoms with Crippen molar-refractivity contribution in [2.24, 2.45) is 0 Å². The summed E-state index contributed by atoms with van der Waals surface area (Å²) in [5.41, 5.74) is 12.7. The summed E-state index contributed by atoms with van der Waals surface area (Å²) >= 11 is 0. The van der Waals surface area contributed by atoms with Crippen molar-refractivity contribution in [3.05, 3.63) is 184 Å². The maximum Gasteiger partial charge on any atom is 0.184 e. The van der Waals surface area contributed by atoms with Gasteiger partial charge in [-0.1, -0.05) is 133 Å². The van der Waals surface area contributed by atoms with E-state index < -0.39 is 5.54 Å². The molecule has 1 saturated carbocycles. The monoisotopic (exact) mass is 689 g/mol. The zero-order valence-corrected chi connectivity index (χ0v) is 29.9. The van der Waals surface area contributed by atoms with Crippen molar-refractivity contribution in [2.45, 2.75) is 57.0 Å². The van der Waals surface area contributed by atoms with E-state index in [2.05, 4.69) is 163 Å². The molecular formula is C46H39N7. The number of aryl methyl sites for hydroxylation is 3. The summed E-state index contributed by atoms with van der Waals surface area (Å²) in [7, 11) is 0. The zero-order valence-electron chi connectivity index (χ0n) is 29.9. The first-order valence-electron chi connectivity index (χ1n) is 18.7. The maximum absolute atomic E-state index is 5.21. The van der Waals surface area contributed by atoms with Gasteiger partial charge in [0.15, 0.2) is 11.5 Å². The lowest BCUT2D eigenvalue weighted by atomic mass is 9.77. The molecule has 1 atom stereocenters. The normalized spacial score (nSPS) is 15.5. The highest BCUT2D eigenvalue weighted by Gasteiger charge is 2.42. The van der Waals surface area contributed by atoms with E-state index in [0.29, 0.717) is 11.7 Å². The summed E-state index contributed by atoms with van der Waals surface area (Å²) in [4.78, 5) is 10.3. The number of nitrogens with zero attached hydrogens (tertiary/aromatic N) is 7. The van der Waals surface area contributed by atoms with Crippen LogP contribution in [0.25, 0.3) is 33.7 Å². The molecule has 7 heteroatoms. The van der Waals surface area contributed by atoms with Crippen LogP contribution < -0.4 is 0 Å². The molecule has 0 saturated heterocycles. The molecule has 3 aromatic heterocycles. The van der Waals surface area contributed by atoms with Crippen LogP contribution in [0, 0.1) is 13.8 Å². The van der Waals surface area contributed by atoms with E-state index in [-0.39, 0.29) is 6.04 Å². The minimum Gasteiger partial charge on any atom is -0.305 e. The number of hydrogen-bond acceptors (Lipinski definition) is 5. The molecule has 0 bridgehead atoms. The first kappa shape index (κ1) is 31.5. The van der Waals surface area contributed by atoms with Crippen molar-refractivity contribution in [2.75, 3.05) is 0 Å². The molecule has 1 fully saturated rings. The predicted octanol–water partition coefficient (Wildman–Crippen LogP) is 9.62. The van der Waals surface area contributed by atoms with E-state index in [1.807, 2.05) is 4.68 Å². The largest absolute Gasteiger partial charge is 0.305 e. The topological polar surface area (TPSA) is 74.3 Å². The van der Waals surface area contributed by atoms with Gasteiger partial charge in [-0.3, -0.25) is 0 Å². The minimum absolute atomic E-state index is 0.221. The summed E-state index contributed by atoms with van der Waals surface area (Å²) in [6.07, 6.45) is 4.44. The molecule has 10 rings (SSSR count). The quantitative estimate of drug-likeness (QED) is 0.149. The van der Waals surface area contributed by atoms with Gasteiger partial charge in [-0.25, -0.2) is 14.6 Å². The highest BCUT2D eigenvalue weighted by Crippen LogP contribution is 2.47. The van der Waals surface area contributed by atoms with Crippen molar-refractivity contribution in [1.29, 1.82) is 0 Å². The molecule has 0 N–H and O–H groups in total. The Kier molecular flexibility index (Phi) is 7.42. The fourth-order valence-corrected chi connectivity index (χ4v) is 8.78. The van der Waals surface area contributed by atoms with Gasteiger partial charge >= 0.3 is 0 Å². The van der Waals surface area contributed by atoms with Crippen molar-refractivity contribution >= 4 is 11.2 Å². The number of fused-ring (bicyclic) bond motifs is 2. The van der Waals surface area contributed by atoms with Gasteiger partial charge in [0.25, 0.3) is 0 Å². The van der Waals surface area contributed by atoms with E-state index in [9.17, 15) is 0 Å². The molecule has 7 nitrogen and oxygen atoms in total. The first-order valence-corrected chi connectivity index (χ1v) is 18.7. The molecule has 0 radical (unpaired) electrons. The molecule has 0 aliphatic heterocycles. The number of rotatable bonds is 8. The Morgan fingerprint density at radius 2 is 1.26 bits per heavy atom. The smallest absolute Gasteiger partial charge is 0.184 e. The van der Waals surface area contributed by atoms with Crippen LogP contribution in [0.5, 0.6) is 0 Å². The molecule has 258 valence electrons. The molecule has 2 aliphatic rings. The Balaban J connectivity index is 1.12. The van der Waals surface area contributed by atoms with Crippen molar-refractivity contribution in [1.82, 2.24) is 34.7 Å². The van der Waals surface area contributed by atoms with Crippen LogP contribution in [0.3, 0.4) is 0 Å². The average Bonchev–Trinajstić information content (AvgIpc) is 3.59. The summed E-state index contributed by atoms with van der Waals surface area (Å²) < 4.78 is 4.51. The van der Waals surface area contributed by atoms with E-state index in [1.54, 1.807) is 0 Å². The molecule has 0 unspecified atom stereocenters. The highest BCUT2D eigenvalue weighted by atomic mass is 15.6. The minimum atomic E-state index is -0.835. The van der Waals surface area contributed by atoms with Crippen LogP contribution in [0.15, 0.2) is 140 Å². The average molecular weight is 690 g/mol. The second-order valence-corrected chi connectivity index (χ2v) is 14.6. The number of imidazole rings is 1. The molecule has 3 heterocycles. The van der Waals surface area contributed by atoms with E-state index >= 15 is 0 Å². The third kappa shape index (κ3) is 5.06. The van der Waals surface area contributed by atoms with Gasteiger partial charge < -0.3 is 4.57 Å². The van der Waals surface area contributed by atoms with Gasteiger partial charge in [0, 0.05) is 17.2 Å². The fraction of sp³-hybridized carbons (Fsp3) is 0.196. The Morgan fingerprint density at radius 1 is 0.642 bits per heavy atom. The molecule has 53 heavy (non-hydrogen) atoms. The maximum atomic E-state index is 5.21. The number of pyridine rings is 1. The van der Waals surface area contributed by atoms with Gasteiger partial charge in [-0.15, -0.1) is 5.10 Å². The van der Waals surface area contributed by atoms with Crippen LogP contribution in [-0.2, 0) is 12.0 Å². The first-order chi connectivity index (χ1) is 26.1. The summed E-state index contributed by atoms with van der Waals surface area (Å²) in [5.74, 6) is 2.44. The summed E-state index contributed by atoms with van der Waals surface area (Å²) in [6.45, 7) is 4.25. The second-order valence-electron chi connectivity index (χ2n) is 14.6. The predicted molar refractivity (Wildman–Crippen MR) is 209 cm³/mol. The van der Waals surface area contributed by atoms with Crippen molar-refractivity contribution in [3.8, 4) is 22.5 Å². The van der Waals surface area contributed by atoms with Crippen molar-refractivity contribution in [3.63, 3.8) is 0 Å². The molecule has 0 spiro atoms. The lowest BCUT2D eigenvalue weighted by molar-refractivity contribution is 0.451. The Hall–Kier alpha value is -6.21. The molecule has 5 aromatic carbocycles.